The van der Waals surface area contributed by atoms with Gasteiger partial charge < -0.3 is 4.74 Å². The molecule has 0 aliphatic rings. The lowest BCUT2D eigenvalue weighted by atomic mass is 10.0. The first-order valence-electron chi connectivity index (χ1n) is 6.36. The quantitative estimate of drug-likeness (QED) is 0.618. The third-order valence-corrected chi connectivity index (χ3v) is 2.98. The lowest BCUT2D eigenvalue weighted by Gasteiger charge is -2.11. The second-order valence-electron chi connectivity index (χ2n) is 4.45. The highest BCUT2D eigenvalue weighted by Crippen LogP contribution is 2.29. The number of hydrogen-bond acceptors (Lipinski definition) is 2. The Kier molecular flexibility index (Phi) is 4.31. The fourth-order valence-corrected chi connectivity index (χ4v) is 1.99. The Morgan fingerprint density at radius 1 is 1.05 bits per heavy atom. The molecule has 2 nitrogen and oxygen atoms in total. The first-order chi connectivity index (χ1) is 9.93. The zero-order valence-electron chi connectivity index (χ0n) is 11.5. The van der Waals surface area contributed by atoms with Crippen molar-refractivity contribution in [1.82, 2.24) is 0 Å². The molecule has 0 heterocycles. The summed E-state index contributed by atoms with van der Waals surface area (Å²) in [6, 6.07) is 6.35. The van der Waals surface area contributed by atoms with E-state index in [1.54, 1.807) is 19.1 Å². The van der Waals surface area contributed by atoms with Crippen LogP contribution in [0.1, 0.15) is 24.2 Å². The molecule has 0 atom stereocenters. The van der Waals surface area contributed by atoms with Crippen molar-refractivity contribution in [3.05, 3.63) is 53.3 Å². The van der Waals surface area contributed by atoms with E-state index < -0.39 is 17.5 Å². The lowest BCUT2D eigenvalue weighted by Crippen LogP contribution is -2.01. The summed E-state index contributed by atoms with van der Waals surface area (Å²) in [5, 5.41) is 0. The monoisotopic (exact) mass is 294 g/mol. The van der Waals surface area contributed by atoms with Gasteiger partial charge in [-0.3, -0.25) is 4.79 Å². The summed E-state index contributed by atoms with van der Waals surface area (Å²) in [5.74, 6) is -3.90. The molecule has 110 valence electrons. The van der Waals surface area contributed by atoms with Gasteiger partial charge in [-0.15, -0.1) is 0 Å². The number of ether oxygens (including phenoxy) is 1. The molecule has 0 saturated heterocycles. The predicted octanol–water partition coefficient (Wildman–Crippen LogP) is 4.37. The van der Waals surface area contributed by atoms with Gasteiger partial charge in [-0.25, -0.2) is 13.2 Å². The molecular weight excluding hydrogens is 281 g/mol. The Morgan fingerprint density at radius 2 is 1.67 bits per heavy atom. The minimum Gasteiger partial charge on any atom is -0.493 e. The summed E-state index contributed by atoms with van der Waals surface area (Å²) in [4.78, 5) is 11.6. The molecule has 0 unspecified atom stereocenters. The van der Waals surface area contributed by atoms with Crippen LogP contribution >= 0.6 is 0 Å². The molecular formula is C16H13F3O2. The van der Waals surface area contributed by atoms with E-state index >= 15 is 0 Å². The normalized spacial score (nSPS) is 10.5. The summed E-state index contributed by atoms with van der Waals surface area (Å²) in [6.07, 6.45) is 0. The molecule has 0 aliphatic heterocycles. The molecule has 0 aromatic heterocycles. The first kappa shape index (κ1) is 15.1. The number of carbonyl (C=O) groups is 1. The van der Waals surface area contributed by atoms with E-state index in [1.165, 1.54) is 13.0 Å². The number of Topliss-reactive ketones (excluding diaryl/α,β-unsaturated/α-hetero) is 1. The topological polar surface area (TPSA) is 26.3 Å². The standard InChI is InChI=1S/C16H13F3O2/c1-3-21-15-5-4-10(6-12(15)9(2)20)11-7-13(17)16(19)14(18)8-11/h4-8H,3H2,1-2H3. The maximum Gasteiger partial charge on any atom is 0.194 e. The van der Waals surface area contributed by atoms with E-state index in [4.69, 9.17) is 4.74 Å². The fourth-order valence-electron chi connectivity index (χ4n) is 1.99. The van der Waals surface area contributed by atoms with Crippen molar-refractivity contribution in [3.63, 3.8) is 0 Å². The largest absolute Gasteiger partial charge is 0.493 e. The van der Waals surface area contributed by atoms with Crippen molar-refractivity contribution in [2.45, 2.75) is 13.8 Å². The maximum atomic E-state index is 13.3. The van der Waals surface area contributed by atoms with Crippen LogP contribution in [0.5, 0.6) is 5.75 Å². The second-order valence-corrected chi connectivity index (χ2v) is 4.45. The molecule has 0 radical (unpaired) electrons. The molecule has 0 N–H and O–H groups in total. The number of hydrogen-bond donors (Lipinski definition) is 0. The van der Waals surface area contributed by atoms with Crippen molar-refractivity contribution >= 4 is 5.78 Å². The third-order valence-electron chi connectivity index (χ3n) is 2.98. The Morgan fingerprint density at radius 3 is 2.19 bits per heavy atom. The Balaban J connectivity index is 2.55. The molecule has 5 heteroatoms. The van der Waals surface area contributed by atoms with Gasteiger partial charge in [-0.05, 0) is 49.2 Å². The minimum atomic E-state index is -1.52. The Hall–Kier alpha value is -2.30. The average molecular weight is 294 g/mol. The van der Waals surface area contributed by atoms with Crippen LogP contribution in [0.4, 0.5) is 13.2 Å². The van der Waals surface area contributed by atoms with Gasteiger partial charge in [-0.1, -0.05) is 6.07 Å². The van der Waals surface area contributed by atoms with E-state index in [0.29, 0.717) is 23.5 Å². The lowest BCUT2D eigenvalue weighted by molar-refractivity contribution is 0.101. The molecule has 0 aliphatic carbocycles. The fraction of sp³-hybridized carbons (Fsp3) is 0.188. The summed E-state index contributed by atoms with van der Waals surface area (Å²) in [5.41, 5.74) is 0.859. The highest BCUT2D eigenvalue weighted by atomic mass is 19.2. The van der Waals surface area contributed by atoms with Crippen molar-refractivity contribution in [1.29, 1.82) is 0 Å². The molecule has 2 aromatic rings. The zero-order valence-corrected chi connectivity index (χ0v) is 11.5. The minimum absolute atomic E-state index is 0.150. The molecule has 0 spiro atoms. The average Bonchev–Trinajstić information content (AvgIpc) is 2.44. The Labute approximate surface area is 120 Å². The highest BCUT2D eigenvalue weighted by molar-refractivity contribution is 5.98. The second kappa shape index (κ2) is 5.99. The van der Waals surface area contributed by atoms with Crippen LogP contribution in [-0.2, 0) is 0 Å². The van der Waals surface area contributed by atoms with Gasteiger partial charge in [0.15, 0.2) is 23.2 Å². The number of ketones is 1. The maximum absolute atomic E-state index is 13.3. The van der Waals surface area contributed by atoms with Crippen LogP contribution in [0.3, 0.4) is 0 Å². The van der Waals surface area contributed by atoms with Crippen LogP contribution in [0.2, 0.25) is 0 Å². The van der Waals surface area contributed by atoms with E-state index in [-0.39, 0.29) is 11.3 Å². The summed E-state index contributed by atoms with van der Waals surface area (Å²) in [7, 11) is 0. The van der Waals surface area contributed by atoms with E-state index in [1.807, 2.05) is 0 Å². The predicted molar refractivity (Wildman–Crippen MR) is 72.9 cm³/mol. The van der Waals surface area contributed by atoms with Gasteiger partial charge in [0.1, 0.15) is 5.75 Å². The van der Waals surface area contributed by atoms with Crippen LogP contribution in [0, 0.1) is 17.5 Å². The SMILES string of the molecule is CCOc1ccc(-c2cc(F)c(F)c(F)c2)cc1C(C)=O. The van der Waals surface area contributed by atoms with Crippen LogP contribution < -0.4 is 4.74 Å². The highest BCUT2D eigenvalue weighted by Gasteiger charge is 2.14. The summed E-state index contributed by atoms with van der Waals surface area (Å²) in [6.45, 7) is 3.54. The van der Waals surface area contributed by atoms with E-state index in [9.17, 15) is 18.0 Å². The molecule has 0 bridgehead atoms. The molecule has 21 heavy (non-hydrogen) atoms. The molecule has 2 aromatic carbocycles. The molecule has 0 amide bonds. The van der Waals surface area contributed by atoms with Crippen LogP contribution in [-0.4, -0.2) is 12.4 Å². The summed E-state index contributed by atoms with van der Waals surface area (Å²) >= 11 is 0. The summed E-state index contributed by atoms with van der Waals surface area (Å²) < 4.78 is 44.9. The third kappa shape index (κ3) is 3.07. The number of benzene rings is 2. The molecule has 0 fully saturated rings. The first-order valence-corrected chi connectivity index (χ1v) is 6.36. The van der Waals surface area contributed by atoms with Gasteiger partial charge in [0.05, 0.1) is 12.2 Å². The van der Waals surface area contributed by atoms with Crippen molar-refractivity contribution < 1.29 is 22.7 Å². The molecule has 2 rings (SSSR count). The smallest absolute Gasteiger partial charge is 0.194 e. The van der Waals surface area contributed by atoms with E-state index in [2.05, 4.69) is 0 Å². The van der Waals surface area contributed by atoms with Crippen LogP contribution in [0.25, 0.3) is 11.1 Å². The van der Waals surface area contributed by atoms with Crippen molar-refractivity contribution in [2.24, 2.45) is 0 Å². The van der Waals surface area contributed by atoms with Crippen LogP contribution in [0.15, 0.2) is 30.3 Å². The van der Waals surface area contributed by atoms with Gasteiger partial charge in [0, 0.05) is 0 Å². The zero-order chi connectivity index (χ0) is 15.6. The van der Waals surface area contributed by atoms with Crippen molar-refractivity contribution in [3.8, 4) is 16.9 Å². The van der Waals surface area contributed by atoms with Gasteiger partial charge in [0.25, 0.3) is 0 Å². The number of halogens is 3. The molecule has 0 saturated carbocycles. The van der Waals surface area contributed by atoms with Gasteiger partial charge >= 0.3 is 0 Å². The van der Waals surface area contributed by atoms with Gasteiger partial charge in [-0.2, -0.15) is 0 Å². The number of rotatable bonds is 4. The number of carbonyl (C=O) groups excluding carboxylic acids is 1. The Bertz CT molecular complexity index is 673. The van der Waals surface area contributed by atoms with Gasteiger partial charge in [0.2, 0.25) is 0 Å². The van der Waals surface area contributed by atoms with E-state index in [0.717, 1.165) is 12.1 Å². The van der Waals surface area contributed by atoms with Crippen molar-refractivity contribution in [2.75, 3.05) is 6.61 Å².